The van der Waals surface area contributed by atoms with E-state index in [0.29, 0.717) is 6.04 Å². The van der Waals surface area contributed by atoms with Gasteiger partial charge in [-0.1, -0.05) is 127 Å². The van der Waals surface area contributed by atoms with E-state index in [1.165, 1.54) is 38.3 Å². The number of nitrogens with zero attached hydrogens (tertiary/aromatic N) is 1. The SMILES string of the molecule is C[C@H](c1[c-]ccc2ccccc12)N(C)C.Cc1cc(C)c(P(Oc2cc(-c3ccccc3)c(O)cc2-c2ccccc2)c2ccccc2)c(C)c1.ClCCl.ClCCl.[Cl-].[Pd+2]. The Bertz CT molecular complexity index is 2250. The summed E-state index contributed by atoms with van der Waals surface area (Å²) in [6, 6.07) is 55.2. The fourth-order valence-corrected chi connectivity index (χ4v) is 8.52. The molecule has 3 nitrogen and oxygen atoms in total. The number of aryl methyl sites for hydroxylation is 3. The molecule has 2 atom stereocenters. The van der Waals surface area contributed by atoms with Gasteiger partial charge in [0.1, 0.15) is 11.5 Å². The van der Waals surface area contributed by atoms with E-state index in [1.54, 1.807) is 0 Å². The van der Waals surface area contributed by atoms with Crippen LogP contribution in [0.2, 0.25) is 0 Å². The average molecular weight is 999 g/mol. The summed E-state index contributed by atoms with van der Waals surface area (Å²) < 4.78 is 7.04. The summed E-state index contributed by atoms with van der Waals surface area (Å²) in [6.45, 7) is 8.68. The molecule has 0 heterocycles. The third-order valence-electron chi connectivity index (χ3n) is 9.23. The van der Waals surface area contributed by atoms with Gasteiger partial charge in [0.25, 0.3) is 0 Å². The molecule has 7 aromatic rings. The Hall–Kier alpha value is -3.10. The molecule has 0 saturated carbocycles. The van der Waals surface area contributed by atoms with Crippen LogP contribution in [0, 0.1) is 26.8 Å². The zero-order valence-electron chi connectivity index (χ0n) is 33.9. The molecule has 0 bridgehead atoms. The van der Waals surface area contributed by atoms with Crippen molar-refractivity contribution in [1.29, 1.82) is 0 Å². The van der Waals surface area contributed by atoms with E-state index in [2.05, 4.69) is 132 Å². The monoisotopic (exact) mass is 995 g/mol. The molecule has 0 aromatic heterocycles. The molecule has 0 radical (unpaired) electrons. The Kier molecular flexibility index (Phi) is 23.8. The van der Waals surface area contributed by atoms with Crippen LogP contribution in [0.4, 0.5) is 0 Å². The van der Waals surface area contributed by atoms with Gasteiger partial charge in [-0.25, -0.2) is 0 Å². The van der Waals surface area contributed by atoms with Crippen LogP contribution < -0.4 is 27.5 Å². The van der Waals surface area contributed by atoms with Crippen LogP contribution in [0.5, 0.6) is 11.5 Å². The molecule has 1 unspecified atom stereocenters. The summed E-state index contributed by atoms with van der Waals surface area (Å²) in [5.74, 6) is 0.992. The number of alkyl halides is 4. The number of phenolic OH excluding ortho intramolecular Hbond substituents is 1. The number of aromatic hydroxyl groups is 1. The molecule has 7 aromatic carbocycles. The quantitative estimate of drug-likeness (QED) is 0.0713. The Morgan fingerprint density at radius 3 is 1.66 bits per heavy atom. The largest absolute Gasteiger partial charge is 2.00 e. The first-order chi connectivity index (χ1) is 27.5. The number of hydrogen-bond acceptors (Lipinski definition) is 3. The summed E-state index contributed by atoms with van der Waals surface area (Å²) in [5.41, 5.74) is 8.56. The number of fused-ring (bicyclic) bond motifs is 1. The van der Waals surface area contributed by atoms with Gasteiger partial charge in [0.05, 0.1) is 10.7 Å². The minimum Gasteiger partial charge on any atom is -1.00 e. The van der Waals surface area contributed by atoms with Crippen molar-refractivity contribution in [1.82, 2.24) is 4.90 Å². The minimum atomic E-state index is -1.16. The Balaban J connectivity index is 0.000000435. The van der Waals surface area contributed by atoms with Crippen molar-refractivity contribution in [2.75, 3.05) is 24.8 Å². The van der Waals surface area contributed by atoms with Crippen LogP contribution in [-0.2, 0) is 20.4 Å². The number of hydrogen-bond donors (Lipinski definition) is 1. The van der Waals surface area contributed by atoms with Gasteiger partial charge in [-0.05, 0) is 76.2 Å². The smallest absolute Gasteiger partial charge is 1.00 e. The molecule has 0 spiro atoms. The molecule has 7 rings (SSSR count). The van der Waals surface area contributed by atoms with Crippen LogP contribution in [0.15, 0.2) is 152 Å². The Morgan fingerprint density at radius 2 is 1.14 bits per heavy atom. The van der Waals surface area contributed by atoms with Crippen molar-refractivity contribution >= 4 is 75.9 Å². The molecule has 10 heteroatoms. The van der Waals surface area contributed by atoms with Gasteiger partial charge in [-0.3, -0.25) is 0 Å². The van der Waals surface area contributed by atoms with Crippen molar-refractivity contribution in [2.45, 2.75) is 33.7 Å². The van der Waals surface area contributed by atoms with E-state index in [1.807, 2.05) is 72.8 Å². The molecule has 312 valence electrons. The topological polar surface area (TPSA) is 32.7 Å². The predicted octanol–water partition coefficient (Wildman–Crippen LogP) is 11.2. The maximum atomic E-state index is 11.1. The van der Waals surface area contributed by atoms with Gasteiger partial charge in [0.2, 0.25) is 0 Å². The summed E-state index contributed by atoms with van der Waals surface area (Å²) >= 11 is 19.1. The predicted molar refractivity (Wildman–Crippen MR) is 251 cm³/mol. The van der Waals surface area contributed by atoms with Gasteiger partial charge >= 0.3 is 20.4 Å². The molecular weight excluding hydrogens is 949 g/mol. The Morgan fingerprint density at radius 1 is 0.661 bits per heavy atom. The van der Waals surface area contributed by atoms with E-state index in [9.17, 15) is 5.11 Å². The third-order valence-corrected chi connectivity index (χ3v) is 11.5. The molecule has 0 amide bonds. The first-order valence-corrected chi connectivity index (χ1v) is 21.8. The van der Waals surface area contributed by atoms with E-state index in [0.717, 1.165) is 33.3 Å². The number of rotatable bonds is 8. The first-order valence-electron chi connectivity index (χ1n) is 18.4. The van der Waals surface area contributed by atoms with Gasteiger partial charge in [-0.15, -0.1) is 68.8 Å². The fourth-order valence-electron chi connectivity index (χ4n) is 6.51. The zero-order chi connectivity index (χ0) is 41.3. The molecular formula is C49H49Cl5NO2PPd. The summed E-state index contributed by atoms with van der Waals surface area (Å²) in [7, 11) is 3.03. The van der Waals surface area contributed by atoms with Crippen molar-refractivity contribution < 1.29 is 42.5 Å². The molecule has 1 N–H and O–H groups in total. The second-order valence-corrected chi connectivity index (χ2v) is 16.7. The maximum absolute atomic E-state index is 11.1. The molecule has 0 saturated heterocycles. The van der Waals surface area contributed by atoms with Crippen molar-refractivity contribution in [3.05, 3.63) is 180 Å². The first kappa shape index (κ1) is 52.0. The van der Waals surface area contributed by atoms with Crippen molar-refractivity contribution in [3.63, 3.8) is 0 Å². The van der Waals surface area contributed by atoms with E-state index in [-0.39, 0.29) is 49.3 Å². The molecule has 0 aliphatic heterocycles. The van der Waals surface area contributed by atoms with Gasteiger partial charge in [-0.2, -0.15) is 18.2 Å². The summed E-state index contributed by atoms with van der Waals surface area (Å²) in [6.07, 6.45) is 0. The molecule has 0 fully saturated rings. The summed E-state index contributed by atoms with van der Waals surface area (Å²) in [5, 5.41) is 16.4. The summed E-state index contributed by atoms with van der Waals surface area (Å²) in [4.78, 5) is 2.21. The third kappa shape index (κ3) is 14.8. The molecule has 0 aliphatic carbocycles. The number of benzene rings is 7. The van der Waals surface area contributed by atoms with Crippen LogP contribution in [0.25, 0.3) is 33.0 Å². The van der Waals surface area contributed by atoms with Crippen LogP contribution in [0.1, 0.15) is 35.2 Å². The van der Waals surface area contributed by atoms with E-state index >= 15 is 0 Å². The molecule has 59 heavy (non-hydrogen) atoms. The molecule has 0 aliphatic rings. The minimum absolute atomic E-state index is 0. The van der Waals surface area contributed by atoms with Crippen LogP contribution in [-0.4, -0.2) is 34.8 Å². The van der Waals surface area contributed by atoms with Crippen LogP contribution in [0.3, 0.4) is 0 Å². The normalized spacial score (nSPS) is 11.2. The maximum Gasteiger partial charge on any atom is 2.00 e. The number of phenols is 1. The van der Waals surface area contributed by atoms with E-state index < -0.39 is 8.15 Å². The average Bonchev–Trinajstić information content (AvgIpc) is 3.22. The second kappa shape index (κ2) is 27.0. The standard InChI is InChI=1S/C33H29O2P.C14H16N.2CH2Cl2.ClH.Pd/c1-23-19-24(2)33(25(3)20-23)36(28-17-11-6-12-18-28)35-32-22-29(26-13-7-4-8-14-26)31(34)21-30(32)27-15-9-5-10-16-27;1-11(15(2)3)13-10-6-8-12-7-4-5-9-14(12)13;2*2-1-3;;/h4-22,34H,1-3H3;4-9,11H,1-3H3;2*1H2;1H;/q;-1;;;;+2/p-1/t;11-;;;;/m.1..../s1. The number of halogens is 5. The zero-order valence-corrected chi connectivity index (χ0v) is 40.1. The second-order valence-electron chi connectivity index (χ2n) is 13.4. The Labute approximate surface area is 392 Å². The van der Waals surface area contributed by atoms with Gasteiger partial charge in [0, 0.05) is 27.8 Å². The van der Waals surface area contributed by atoms with Crippen molar-refractivity contribution in [3.8, 4) is 33.8 Å². The fraction of sp³-hybridized carbons (Fsp3) is 0.184. The van der Waals surface area contributed by atoms with E-state index in [4.69, 9.17) is 50.9 Å². The van der Waals surface area contributed by atoms with Gasteiger partial charge < -0.3 is 26.9 Å². The van der Waals surface area contributed by atoms with Crippen molar-refractivity contribution in [2.24, 2.45) is 0 Å². The van der Waals surface area contributed by atoms with Gasteiger partial charge in [0.15, 0.2) is 8.15 Å². The van der Waals surface area contributed by atoms with Crippen LogP contribution >= 0.6 is 54.6 Å².